The minimum atomic E-state index is -3.31. The van der Waals surface area contributed by atoms with Crippen LogP contribution in [0.3, 0.4) is 0 Å². The van der Waals surface area contributed by atoms with E-state index in [1.54, 1.807) is 16.4 Å². The molecule has 1 N–H and O–H groups in total. The van der Waals surface area contributed by atoms with Crippen molar-refractivity contribution in [2.45, 2.75) is 24.0 Å². The van der Waals surface area contributed by atoms with Crippen molar-refractivity contribution in [2.24, 2.45) is 5.92 Å². The lowest BCUT2D eigenvalue weighted by Crippen LogP contribution is -2.42. The molecule has 1 unspecified atom stereocenters. The maximum Gasteiger partial charge on any atom is 0.252 e. The Hall–Kier alpha value is 0.0500. The highest BCUT2D eigenvalue weighted by Crippen LogP contribution is 2.30. The van der Waals surface area contributed by atoms with Gasteiger partial charge in [-0.25, -0.2) is 8.42 Å². The van der Waals surface area contributed by atoms with Crippen molar-refractivity contribution >= 4 is 37.3 Å². The molecule has 0 aromatic carbocycles. The number of rotatable bonds is 5. The molecule has 19 heavy (non-hydrogen) atoms. The molecule has 1 aromatic heterocycles. The van der Waals surface area contributed by atoms with E-state index in [0.29, 0.717) is 23.2 Å². The quantitative estimate of drug-likeness (QED) is 0.870. The van der Waals surface area contributed by atoms with Crippen molar-refractivity contribution in [3.05, 3.63) is 15.9 Å². The summed E-state index contributed by atoms with van der Waals surface area (Å²) >= 11 is 4.60. The third-order valence-corrected chi connectivity index (χ3v) is 7.26. The van der Waals surface area contributed by atoms with Crippen LogP contribution in [0.4, 0.5) is 0 Å². The van der Waals surface area contributed by atoms with E-state index in [2.05, 4.69) is 28.2 Å². The first-order chi connectivity index (χ1) is 9.04. The third-order valence-electron chi connectivity index (χ3n) is 3.31. The maximum absolute atomic E-state index is 12.5. The van der Waals surface area contributed by atoms with Gasteiger partial charge < -0.3 is 5.32 Å². The zero-order chi connectivity index (χ0) is 13.9. The molecule has 1 saturated heterocycles. The number of nitrogens with zero attached hydrogens (tertiary/aromatic N) is 1. The summed E-state index contributed by atoms with van der Waals surface area (Å²) in [6.45, 7) is 5.17. The van der Waals surface area contributed by atoms with Crippen LogP contribution in [0.5, 0.6) is 0 Å². The van der Waals surface area contributed by atoms with Crippen LogP contribution in [-0.4, -0.2) is 38.9 Å². The Bertz CT molecular complexity index is 516. The predicted octanol–water partition coefficient (Wildman–Crippen LogP) is 2.52. The molecule has 1 aromatic rings. The lowest BCUT2D eigenvalue weighted by molar-refractivity contribution is 0.261. The van der Waals surface area contributed by atoms with E-state index in [4.69, 9.17) is 0 Å². The Balaban J connectivity index is 2.08. The van der Waals surface area contributed by atoms with Crippen LogP contribution in [0.15, 0.2) is 20.1 Å². The Morgan fingerprint density at radius 2 is 2.32 bits per heavy atom. The highest BCUT2D eigenvalue weighted by Gasteiger charge is 2.30. The van der Waals surface area contributed by atoms with Crippen LogP contribution in [0.25, 0.3) is 0 Å². The number of halogens is 1. The second kappa shape index (κ2) is 6.67. The van der Waals surface area contributed by atoms with E-state index >= 15 is 0 Å². The predicted molar refractivity (Wildman–Crippen MR) is 82.0 cm³/mol. The van der Waals surface area contributed by atoms with Gasteiger partial charge in [0.25, 0.3) is 10.0 Å². The Morgan fingerprint density at radius 1 is 1.53 bits per heavy atom. The minimum Gasteiger partial charge on any atom is -0.317 e. The fourth-order valence-corrected chi connectivity index (χ4v) is 6.04. The van der Waals surface area contributed by atoms with Crippen LogP contribution in [0, 0.1) is 5.92 Å². The van der Waals surface area contributed by atoms with E-state index in [1.807, 2.05) is 0 Å². The van der Waals surface area contributed by atoms with Crippen molar-refractivity contribution in [1.29, 1.82) is 0 Å². The van der Waals surface area contributed by atoms with Crippen LogP contribution in [-0.2, 0) is 10.0 Å². The van der Waals surface area contributed by atoms with Gasteiger partial charge >= 0.3 is 0 Å². The maximum atomic E-state index is 12.5. The summed E-state index contributed by atoms with van der Waals surface area (Å²) in [7, 11) is -3.31. The zero-order valence-corrected chi connectivity index (χ0v) is 14.2. The third kappa shape index (κ3) is 3.78. The van der Waals surface area contributed by atoms with E-state index < -0.39 is 10.0 Å². The fourth-order valence-electron chi connectivity index (χ4n) is 2.32. The topological polar surface area (TPSA) is 49.4 Å². The second-order valence-electron chi connectivity index (χ2n) is 4.74. The number of sulfonamides is 1. The van der Waals surface area contributed by atoms with Crippen LogP contribution in [0.1, 0.15) is 19.8 Å². The van der Waals surface area contributed by atoms with E-state index in [-0.39, 0.29) is 0 Å². The van der Waals surface area contributed by atoms with E-state index in [0.717, 1.165) is 29.7 Å². The molecule has 0 aliphatic carbocycles. The van der Waals surface area contributed by atoms with Crippen LogP contribution in [0.2, 0.25) is 0 Å². The molecule has 2 rings (SSSR count). The SMILES string of the molecule is CCNCC1CCCN(S(=O)(=O)c2ccc(Br)s2)C1. The lowest BCUT2D eigenvalue weighted by atomic mass is 10.00. The van der Waals surface area contributed by atoms with Crippen molar-refractivity contribution in [2.75, 3.05) is 26.2 Å². The molecule has 1 atom stereocenters. The van der Waals surface area contributed by atoms with Gasteiger partial charge in [0, 0.05) is 13.1 Å². The summed E-state index contributed by atoms with van der Waals surface area (Å²) in [5, 5.41) is 3.31. The number of thiophene rings is 1. The van der Waals surface area contributed by atoms with Gasteiger partial charge in [-0.1, -0.05) is 6.92 Å². The molecule has 7 heteroatoms. The molecular weight excluding hydrogens is 348 g/mol. The van der Waals surface area contributed by atoms with Crippen molar-refractivity contribution in [3.8, 4) is 0 Å². The van der Waals surface area contributed by atoms with Crippen LogP contribution < -0.4 is 5.32 Å². The van der Waals surface area contributed by atoms with E-state index in [9.17, 15) is 8.42 Å². The average molecular weight is 367 g/mol. The standard InChI is InChI=1S/C12H19BrN2O2S2/c1-2-14-8-10-4-3-7-15(9-10)19(16,17)12-6-5-11(13)18-12/h5-6,10,14H,2-4,7-9H2,1H3. The smallest absolute Gasteiger partial charge is 0.252 e. The molecule has 0 bridgehead atoms. The Morgan fingerprint density at radius 3 is 2.95 bits per heavy atom. The molecule has 1 aliphatic rings. The van der Waals surface area contributed by atoms with Gasteiger partial charge in [0.1, 0.15) is 4.21 Å². The minimum absolute atomic E-state index is 0.423. The molecule has 4 nitrogen and oxygen atoms in total. The molecule has 108 valence electrons. The fraction of sp³-hybridized carbons (Fsp3) is 0.667. The highest BCUT2D eigenvalue weighted by atomic mass is 79.9. The second-order valence-corrected chi connectivity index (χ2v) is 9.37. The van der Waals surface area contributed by atoms with Gasteiger partial charge in [-0.3, -0.25) is 0 Å². The largest absolute Gasteiger partial charge is 0.317 e. The summed E-state index contributed by atoms with van der Waals surface area (Å²) in [5.74, 6) is 0.423. The number of hydrogen-bond donors (Lipinski definition) is 1. The van der Waals surface area contributed by atoms with Crippen molar-refractivity contribution < 1.29 is 8.42 Å². The monoisotopic (exact) mass is 366 g/mol. The number of piperidine rings is 1. The van der Waals surface area contributed by atoms with Gasteiger partial charge in [0.2, 0.25) is 0 Å². The Kier molecular flexibility index (Phi) is 5.42. The van der Waals surface area contributed by atoms with Gasteiger partial charge in [-0.15, -0.1) is 11.3 Å². The average Bonchev–Trinajstić information content (AvgIpc) is 2.84. The number of nitrogens with one attached hydrogen (secondary N) is 1. The van der Waals surface area contributed by atoms with Crippen LogP contribution >= 0.6 is 27.3 Å². The van der Waals surface area contributed by atoms with Gasteiger partial charge in [0.05, 0.1) is 3.79 Å². The summed E-state index contributed by atoms with van der Waals surface area (Å²) in [5.41, 5.74) is 0. The Labute approximate surface area is 127 Å². The molecule has 2 heterocycles. The summed E-state index contributed by atoms with van der Waals surface area (Å²) in [6.07, 6.45) is 2.05. The molecule has 0 radical (unpaired) electrons. The first-order valence-electron chi connectivity index (χ1n) is 6.50. The highest BCUT2D eigenvalue weighted by molar-refractivity contribution is 9.11. The molecule has 0 saturated carbocycles. The molecular formula is C12H19BrN2O2S2. The summed E-state index contributed by atoms with van der Waals surface area (Å²) < 4.78 is 28.0. The molecule has 0 spiro atoms. The summed E-state index contributed by atoms with van der Waals surface area (Å²) in [6, 6.07) is 3.47. The lowest BCUT2D eigenvalue weighted by Gasteiger charge is -2.31. The first kappa shape index (κ1) is 15.4. The van der Waals surface area contributed by atoms with Gasteiger partial charge in [0.15, 0.2) is 0 Å². The van der Waals surface area contributed by atoms with Gasteiger partial charge in [-0.2, -0.15) is 4.31 Å². The number of hydrogen-bond acceptors (Lipinski definition) is 4. The molecule has 0 amide bonds. The normalized spacial score (nSPS) is 21.7. The molecule has 1 aliphatic heterocycles. The van der Waals surface area contributed by atoms with Crippen molar-refractivity contribution in [3.63, 3.8) is 0 Å². The van der Waals surface area contributed by atoms with E-state index in [1.165, 1.54) is 11.3 Å². The van der Waals surface area contributed by atoms with Crippen molar-refractivity contribution in [1.82, 2.24) is 9.62 Å². The van der Waals surface area contributed by atoms with Gasteiger partial charge in [-0.05, 0) is 59.9 Å². The summed E-state index contributed by atoms with van der Waals surface area (Å²) in [4.78, 5) is 0. The zero-order valence-electron chi connectivity index (χ0n) is 10.9. The first-order valence-corrected chi connectivity index (χ1v) is 9.55. The molecule has 1 fully saturated rings.